The van der Waals surface area contributed by atoms with E-state index in [0.29, 0.717) is 24.1 Å². The molecule has 0 radical (unpaired) electrons. The molecule has 0 aliphatic rings. The molecule has 1 N–H and O–H groups in total. The minimum absolute atomic E-state index is 0.0924. The lowest BCUT2D eigenvalue weighted by Crippen LogP contribution is -2.37. The summed E-state index contributed by atoms with van der Waals surface area (Å²) < 4.78 is 34.5. The van der Waals surface area contributed by atoms with Gasteiger partial charge in [-0.05, 0) is 12.8 Å². The van der Waals surface area contributed by atoms with Crippen molar-refractivity contribution in [3.05, 3.63) is 0 Å². The van der Waals surface area contributed by atoms with Crippen LogP contribution in [0.25, 0.3) is 0 Å². The topological polar surface area (TPSA) is 91.3 Å². The van der Waals surface area contributed by atoms with Crippen molar-refractivity contribution in [3.8, 4) is 0 Å². The normalized spacial score (nSPS) is 14.1. The number of quaternary nitrogens is 1. The van der Waals surface area contributed by atoms with Crippen molar-refractivity contribution in [1.29, 1.82) is 0 Å². The third-order valence-corrected chi connectivity index (χ3v) is 8.40. The molecule has 8 nitrogen and oxygen atoms in total. The zero-order chi connectivity index (χ0) is 31.4. The summed E-state index contributed by atoms with van der Waals surface area (Å²) in [4.78, 5) is 22.4. The molecule has 0 fully saturated rings. The molecule has 0 aromatic carbocycles. The Balaban J connectivity index is 4.14. The van der Waals surface area contributed by atoms with Gasteiger partial charge < -0.3 is 18.9 Å². The highest BCUT2D eigenvalue weighted by Gasteiger charge is 2.26. The largest absolute Gasteiger partial charge is 0.472 e. The van der Waals surface area contributed by atoms with E-state index in [1.807, 2.05) is 21.1 Å². The smallest absolute Gasteiger partial charge is 0.457 e. The van der Waals surface area contributed by atoms with Crippen LogP contribution in [0.1, 0.15) is 149 Å². The number of nitrogens with zero attached hydrogens (tertiary/aromatic N) is 1. The molecule has 0 amide bonds. The monoisotopic (exact) mass is 622 g/mol. The number of hydrogen-bond donors (Lipinski definition) is 1. The number of phosphoric ester groups is 1. The maximum absolute atomic E-state index is 12.4. The molecule has 0 heterocycles. The van der Waals surface area contributed by atoms with Crippen molar-refractivity contribution < 1.29 is 37.3 Å². The number of ether oxygens (including phenoxy) is 2. The predicted molar refractivity (Wildman–Crippen MR) is 174 cm³/mol. The van der Waals surface area contributed by atoms with E-state index in [9.17, 15) is 14.3 Å². The number of carbonyl (C=O) groups is 1. The van der Waals surface area contributed by atoms with Gasteiger partial charge in [0.05, 0.1) is 34.4 Å². The van der Waals surface area contributed by atoms with E-state index in [-0.39, 0.29) is 25.8 Å². The molecule has 9 heteroatoms. The van der Waals surface area contributed by atoms with Crippen molar-refractivity contribution in [2.45, 2.75) is 155 Å². The number of carbonyl (C=O) groups excluding carboxylic acids is 1. The van der Waals surface area contributed by atoms with Gasteiger partial charge in [0.15, 0.2) is 0 Å². The summed E-state index contributed by atoms with van der Waals surface area (Å²) in [5.74, 6) is -0.325. The third kappa shape index (κ3) is 30.9. The minimum Gasteiger partial charge on any atom is -0.457 e. The highest BCUT2D eigenvalue weighted by atomic mass is 31.2. The number of rotatable bonds is 32. The first-order valence-electron chi connectivity index (χ1n) is 17.3. The molecule has 0 rings (SSSR count). The van der Waals surface area contributed by atoms with Gasteiger partial charge in [-0.15, -0.1) is 0 Å². The Kier molecular flexibility index (Phi) is 27.7. The summed E-state index contributed by atoms with van der Waals surface area (Å²) in [6, 6.07) is 0. The van der Waals surface area contributed by atoms with Crippen LogP contribution in [-0.2, 0) is 27.9 Å². The third-order valence-electron chi connectivity index (χ3n) is 7.42. The Labute approximate surface area is 259 Å². The van der Waals surface area contributed by atoms with Gasteiger partial charge in [0.1, 0.15) is 19.3 Å². The number of hydrogen-bond acceptors (Lipinski definition) is 6. The van der Waals surface area contributed by atoms with Crippen LogP contribution in [0.2, 0.25) is 0 Å². The van der Waals surface area contributed by atoms with E-state index in [2.05, 4.69) is 13.8 Å². The van der Waals surface area contributed by atoms with Gasteiger partial charge in [-0.1, -0.05) is 129 Å². The van der Waals surface area contributed by atoms with Crippen LogP contribution in [0.3, 0.4) is 0 Å². The van der Waals surface area contributed by atoms with Gasteiger partial charge in [0, 0.05) is 13.0 Å². The van der Waals surface area contributed by atoms with E-state index >= 15 is 0 Å². The Morgan fingerprint density at radius 3 is 1.57 bits per heavy atom. The highest BCUT2D eigenvalue weighted by Crippen LogP contribution is 2.43. The molecule has 42 heavy (non-hydrogen) atoms. The van der Waals surface area contributed by atoms with Crippen LogP contribution < -0.4 is 0 Å². The average Bonchev–Trinajstić information content (AvgIpc) is 2.92. The SMILES string of the molecule is CCCCCCCCCCCCCCCCCOCC(COP(=O)(O)OCC[N+](C)(C)C)OC(=O)CCCCCCC. The highest BCUT2D eigenvalue weighted by molar-refractivity contribution is 7.47. The standard InChI is InChI=1S/C33H68NO7P/c1-6-8-10-12-13-14-15-16-17-18-19-20-21-23-25-28-38-30-32(41-33(35)26-24-22-11-9-7-2)31-40-42(36,37)39-29-27-34(3,4)5/h32H,6-31H2,1-5H3/p+1. The summed E-state index contributed by atoms with van der Waals surface area (Å²) >= 11 is 0. The van der Waals surface area contributed by atoms with Crippen molar-refractivity contribution in [1.82, 2.24) is 0 Å². The second kappa shape index (κ2) is 28.0. The van der Waals surface area contributed by atoms with Crippen LogP contribution in [0, 0.1) is 0 Å². The summed E-state index contributed by atoms with van der Waals surface area (Å²) in [7, 11) is 1.67. The molecule has 0 saturated heterocycles. The Bertz CT molecular complexity index is 657. The van der Waals surface area contributed by atoms with E-state index in [1.165, 1.54) is 89.9 Å². The maximum Gasteiger partial charge on any atom is 0.472 e. The van der Waals surface area contributed by atoms with Gasteiger partial charge in [0.2, 0.25) is 0 Å². The number of unbranched alkanes of at least 4 members (excludes halogenated alkanes) is 18. The van der Waals surface area contributed by atoms with E-state index in [0.717, 1.165) is 38.5 Å². The quantitative estimate of drug-likeness (QED) is 0.0346. The number of likely N-dealkylation sites (N-methyl/N-ethyl adjacent to an activating group) is 1. The minimum atomic E-state index is -4.24. The van der Waals surface area contributed by atoms with Gasteiger partial charge in [-0.25, -0.2) is 4.57 Å². The fraction of sp³-hybridized carbons (Fsp3) is 0.970. The van der Waals surface area contributed by atoms with Crippen LogP contribution >= 0.6 is 7.82 Å². The zero-order valence-corrected chi connectivity index (χ0v) is 29.1. The second-order valence-corrected chi connectivity index (χ2v) is 14.4. The molecule has 2 unspecified atom stereocenters. The molecule has 2 atom stereocenters. The molecular formula is C33H69NO7P+. The van der Waals surface area contributed by atoms with Gasteiger partial charge in [-0.3, -0.25) is 13.8 Å². The van der Waals surface area contributed by atoms with E-state index in [1.54, 1.807) is 0 Å². The van der Waals surface area contributed by atoms with Crippen molar-refractivity contribution in [2.75, 3.05) is 54.1 Å². The molecule has 0 bridgehead atoms. The van der Waals surface area contributed by atoms with E-state index < -0.39 is 13.9 Å². The predicted octanol–water partition coefficient (Wildman–Crippen LogP) is 8.99. The Morgan fingerprint density at radius 2 is 1.10 bits per heavy atom. The number of phosphoric acid groups is 1. The first-order chi connectivity index (χ1) is 20.1. The Hall–Kier alpha value is -0.500. The molecule has 0 aromatic heterocycles. The summed E-state index contributed by atoms with van der Waals surface area (Å²) in [6.07, 6.45) is 24.4. The molecule has 0 spiro atoms. The fourth-order valence-corrected chi connectivity index (χ4v) is 5.41. The fourth-order valence-electron chi connectivity index (χ4n) is 4.67. The molecule has 0 aromatic rings. The lowest BCUT2D eigenvalue weighted by molar-refractivity contribution is -0.870. The number of esters is 1. The summed E-state index contributed by atoms with van der Waals surface area (Å²) in [6.45, 7) is 5.55. The zero-order valence-electron chi connectivity index (χ0n) is 28.3. The lowest BCUT2D eigenvalue weighted by atomic mass is 10.0. The molecule has 0 aliphatic heterocycles. The van der Waals surface area contributed by atoms with Crippen molar-refractivity contribution in [2.24, 2.45) is 0 Å². The van der Waals surface area contributed by atoms with Crippen molar-refractivity contribution >= 4 is 13.8 Å². The molecule has 252 valence electrons. The Morgan fingerprint density at radius 1 is 0.643 bits per heavy atom. The first kappa shape index (κ1) is 41.5. The average molecular weight is 623 g/mol. The summed E-state index contributed by atoms with van der Waals surface area (Å²) in [5, 5.41) is 0. The second-order valence-electron chi connectivity index (χ2n) is 12.9. The van der Waals surface area contributed by atoms with Crippen LogP contribution in [0.15, 0.2) is 0 Å². The van der Waals surface area contributed by atoms with Gasteiger partial charge >= 0.3 is 13.8 Å². The summed E-state index contributed by atoms with van der Waals surface area (Å²) in [5.41, 5.74) is 0. The van der Waals surface area contributed by atoms with Crippen LogP contribution in [0.5, 0.6) is 0 Å². The van der Waals surface area contributed by atoms with Gasteiger partial charge in [0.25, 0.3) is 0 Å². The van der Waals surface area contributed by atoms with Gasteiger partial charge in [-0.2, -0.15) is 0 Å². The maximum atomic E-state index is 12.4. The van der Waals surface area contributed by atoms with Crippen LogP contribution in [-0.4, -0.2) is 75.6 Å². The first-order valence-corrected chi connectivity index (χ1v) is 18.8. The molecule has 0 saturated carbocycles. The molecular weight excluding hydrogens is 553 g/mol. The van der Waals surface area contributed by atoms with Crippen molar-refractivity contribution in [3.63, 3.8) is 0 Å². The van der Waals surface area contributed by atoms with E-state index in [4.69, 9.17) is 18.5 Å². The van der Waals surface area contributed by atoms with Crippen LogP contribution in [0.4, 0.5) is 0 Å². The lowest BCUT2D eigenvalue weighted by Gasteiger charge is -2.24. The molecule has 0 aliphatic carbocycles.